The molecule has 2 heterocycles. The molecule has 1 aromatic carbocycles. The van der Waals surface area contributed by atoms with Gasteiger partial charge >= 0.3 is 0 Å². The molecule has 2 aromatic heterocycles. The first-order valence-corrected chi connectivity index (χ1v) is 8.13. The lowest BCUT2D eigenvalue weighted by Gasteiger charge is -2.08. The summed E-state index contributed by atoms with van der Waals surface area (Å²) in [6.07, 6.45) is 1.72. The minimum atomic E-state index is -0.129. The Morgan fingerprint density at radius 3 is 2.70 bits per heavy atom. The largest absolute Gasteiger partial charge is 0.321 e. The number of nitrogens with one attached hydrogen (secondary N) is 1. The van der Waals surface area contributed by atoms with Crippen molar-refractivity contribution < 1.29 is 4.79 Å². The average molecular weight is 323 g/mol. The third-order valence-corrected chi connectivity index (χ3v) is 4.71. The van der Waals surface area contributed by atoms with E-state index in [0.29, 0.717) is 4.88 Å². The van der Waals surface area contributed by atoms with Crippen molar-refractivity contribution in [1.29, 1.82) is 0 Å². The van der Waals surface area contributed by atoms with Gasteiger partial charge in [-0.25, -0.2) is 4.98 Å². The molecular formula is C18H17N3OS. The van der Waals surface area contributed by atoms with Gasteiger partial charge < -0.3 is 5.32 Å². The predicted molar refractivity (Wildman–Crippen MR) is 94.0 cm³/mol. The monoisotopic (exact) mass is 323 g/mol. The summed E-state index contributed by atoms with van der Waals surface area (Å²) >= 11 is 1.36. The SMILES string of the molecule is Cc1ccc(C)c(NC(=O)c2sc(-c3ccccn3)nc2C)c1. The van der Waals surface area contributed by atoms with Gasteiger partial charge in [-0.3, -0.25) is 9.78 Å². The number of hydrogen-bond acceptors (Lipinski definition) is 4. The van der Waals surface area contributed by atoms with Crippen LogP contribution in [-0.2, 0) is 0 Å². The Morgan fingerprint density at radius 1 is 1.13 bits per heavy atom. The topological polar surface area (TPSA) is 54.9 Å². The Hall–Kier alpha value is -2.53. The molecule has 5 heteroatoms. The highest BCUT2D eigenvalue weighted by Gasteiger charge is 2.17. The molecule has 0 radical (unpaired) electrons. The van der Waals surface area contributed by atoms with Gasteiger partial charge in [0, 0.05) is 11.9 Å². The molecule has 1 amide bonds. The summed E-state index contributed by atoms with van der Waals surface area (Å²) in [7, 11) is 0. The third-order valence-electron chi connectivity index (χ3n) is 3.53. The number of thiazole rings is 1. The van der Waals surface area contributed by atoms with E-state index >= 15 is 0 Å². The van der Waals surface area contributed by atoms with Crippen LogP contribution in [0.3, 0.4) is 0 Å². The summed E-state index contributed by atoms with van der Waals surface area (Å²) in [4.78, 5) is 22.0. The maximum absolute atomic E-state index is 12.6. The van der Waals surface area contributed by atoms with E-state index in [1.807, 2.05) is 57.2 Å². The van der Waals surface area contributed by atoms with Gasteiger partial charge in [0.2, 0.25) is 0 Å². The Labute approximate surface area is 139 Å². The minimum absolute atomic E-state index is 0.129. The third kappa shape index (κ3) is 3.29. The molecule has 0 saturated carbocycles. The molecule has 3 aromatic rings. The van der Waals surface area contributed by atoms with Crippen LogP contribution in [0.2, 0.25) is 0 Å². The highest BCUT2D eigenvalue weighted by Crippen LogP contribution is 2.27. The van der Waals surface area contributed by atoms with E-state index in [1.165, 1.54) is 11.3 Å². The number of amides is 1. The van der Waals surface area contributed by atoms with Crippen molar-refractivity contribution >= 4 is 22.9 Å². The molecule has 0 unspecified atom stereocenters. The van der Waals surface area contributed by atoms with Gasteiger partial charge in [0.05, 0.1) is 11.4 Å². The van der Waals surface area contributed by atoms with E-state index < -0.39 is 0 Å². The van der Waals surface area contributed by atoms with Gasteiger partial charge in [-0.15, -0.1) is 11.3 Å². The highest BCUT2D eigenvalue weighted by molar-refractivity contribution is 7.17. The first-order valence-electron chi connectivity index (χ1n) is 7.32. The molecule has 116 valence electrons. The van der Waals surface area contributed by atoms with Crippen molar-refractivity contribution in [1.82, 2.24) is 9.97 Å². The second-order valence-corrected chi connectivity index (χ2v) is 6.42. The number of pyridine rings is 1. The second-order valence-electron chi connectivity index (χ2n) is 5.42. The van der Waals surface area contributed by atoms with Crippen LogP contribution in [0.1, 0.15) is 26.5 Å². The van der Waals surface area contributed by atoms with E-state index in [4.69, 9.17) is 0 Å². The van der Waals surface area contributed by atoms with Crippen LogP contribution in [0.25, 0.3) is 10.7 Å². The number of hydrogen-bond donors (Lipinski definition) is 1. The number of rotatable bonds is 3. The summed E-state index contributed by atoms with van der Waals surface area (Å²) < 4.78 is 0. The van der Waals surface area contributed by atoms with Crippen LogP contribution >= 0.6 is 11.3 Å². The summed E-state index contributed by atoms with van der Waals surface area (Å²) in [5.41, 5.74) is 4.49. The van der Waals surface area contributed by atoms with Crippen LogP contribution in [0.15, 0.2) is 42.6 Å². The first kappa shape index (κ1) is 15.4. The van der Waals surface area contributed by atoms with Crippen LogP contribution in [-0.4, -0.2) is 15.9 Å². The molecular weight excluding hydrogens is 306 g/mol. The molecule has 0 fully saturated rings. The normalized spacial score (nSPS) is 10.6. The summed E-state index contributed by atoms with van der Waals surface area (Å²) in [5, 5.41) is 3.74. The number of carbonyl (C=O) groups is 1. The molecule has 0 spiro atoms. The van der Waals surface area contributed by atoms with Crippen LogP contribution in [0.4, 0.5) is 5.69 Å². The fourth-order valence-corrected chi connectivity index (χ4v) is 3.19. The van der Waals surface area contributed by atoms with E-state index in [2.05, 4.69) is 15.3 Å². The number of benzene rings is 1. The first-order chi connectivity index (χ1) is 11.0. The number of carbonyl (C=O) groups excluding carboxylic acids is 1. The number of nitrogens with zero attached hydrogens (tertiary/aromatic N) is 2. The molecule has 3 rings (SSSR count). The van der Waals surface area contributed by atoms with Crippen molar-refractivity contribution in [3.63, 3.8) is 0 Å². The highest BCUT2D eigenvalue weighted by atomic mass is 32.1. The standard InChI is InChI=1S/C18H17N3OS/c1-11-7-8-12(2)15(10-11)21-17(22)16-13(3)20-18(23-16)14-6-4-5-9-19-14/h4-10H,1-3H3,(H,21,22). The fraction of sp³-hybridized carbons (Fsp3) is 0.167. The molecule has 0 aliphatic rings. The molecule has 0 saturated heterocycles. The predicted octanol–water partition coefficient (Wildman–Crippen LogP) is 4.38. The molecule has 0 aliphatic carbocycles. The molecule has 0 bridgehead atoms. The Balaban J connectivity index is 1.88. The van der Waals surface area contributed by atoms with Gasteiger partial charge in [0.25, 0.3) is 5.91 Å². The lowest BCUT2D eigenvalue weighted by atomic mass is 10.1. The summed E-state index contributed by atoms with van der Waals surface area (Å²) in [6, 6.07) is 11.7. The smallest absolute Gasteiger partial charge is 0.267 e. The van der Waals surface area contributed by atoms with Gasteiger partial charge in [-0.1, -0.05) is 18.2 Å². The number of anilines is 1. The Bertz CT molecular complexity index is 856. The molecule has 0 aliphatic heterocycles. The van der Waals surface area contributed by atoms with E-state index in [9.17, 15) is 4.79 Å². The minimum Gasteiger partial charge on any atom is -0.321 e. The average Bonchev–Trinajstić information content (AvgIpc) is 2.94. The van der Waals surface area contributed by atoms with Gasteiger partial charge in [0.15, 0.2) is 0 Å². The van der Waals surface area contributed by atoms with Gasteiger partial charge in [-0.2, -0.15) is 0 Å². The lowest BCUT2D eigenvalue weighted by molar-refractivity contribution is 0.102. The Morgan fingerprint density at radius 2 is 1.96 bits per heavy atom. The fourth-order valence-electron chi connectivity index (χ4n) is 2.26. The quantitative estimate of drug-likeness (QED) is 0.778. The zero-order valence-corrected chi connectivity index (χ0v) is 14.1. The van der Waals surface area contributed by atoms with Crippen molar-refractivity contribution in [3.05, 3.63) is 64.3 Å². The summed E-state index contributed by atoms with van der Waals surface area (Å²) in [5.74, 6) is -0.129. The van der Waals surface area contributed by atoms with Crippen molar-refractivity contribution in [3.8, 4) is 10.7 Å². The zero-order chi connectivity index (χ0) is 16.4. The van der Waals surface area contributed by atoms with Gasteiger partial charge in [-0.05, 0) is 50.1 Å². The lowest BCUT2D eigenvalue weighted by Crippen LogP contribution is -2.12. The van der Waals surface area contributed by atoms with E-state index in [1.54, 1.807) is 6.20 Å². The van der Waals surface area contributed by atoms with Crippen LogP contribution in [0, 0.1) is 20.8 Å². The maximum atomic E-state index is 12.6. The number of aryl methyl sites for hydroxylation is 3. The summed E-state index contributed by atoms with van der Waals surface area (Å²) in [6.45, 7) is 5.83. The molecule has 4 nitrogen and oxygen atoms in total. The van der Waals surface area contributed by atoms with Crippen molar-refractivity contribution in [2.75, 3.05) is 5.32 Å². The van der Waals surface area contributed by atoms with Crippen LogP contribution in [0.5, 0.6) is 0 Å². The zero-order valence-electron chi connectivity index (χ0n) is 13.3. The van der Waals surface area contributed by atoms with E-state index in [0.717, 1.165) is 33.2 Å². The molecule has 0 atom stereocenters. The molecule has 23 heavy (non-hydrogen) atoms. The Kier molecular flexibility index (Phi) is 4.21. The second kappa shape index (κ2) is 6.30. The van der Waals surface area contributed by atoms with Crippen molar-refractivity contribution in [2.45, 2.75) is 20.8 Å². The van der Waals surface area contributed by atoms with Crippen LogP contribution < -0.4 is 5.32 Å². The molecule has 1 N–H and O–H groups in total. The van der Waals surface area contributed by atoms with E-state index in [-0.39, 0.29) is 5.91 Å². The maximum Gasteiger partial charge on any atom is 0.267 e. The van der Waals surface area contributed by atoms with Gasteiger partial charge in [0.1, 0.15) is 9.88 Å². The van der Waals surface area contributed by atoms with Crippen molar-refractivity contribution in [2.24, 2.45) is 0 Å². The number of aromatic nitrogens is 2.